The molecule has 5 heteroatoms. The van der Waals surface area contributed by atoms with Gasteiger partial charge in [0.2, 0.25) is 0 Å². The fraction of sp³-hybridized carbons (Fsp3) is 0.524. The van der Waals surface area contributed by atoms with Gasteiger partial charge in [-0.05, 0) is 68.0 Å². The van der Waals surface area contributed by atoms with Crippen molar-refractivity contribution in [3.05, 3.63) is 42.2 Å². The van der Waals surface area contributed by atoms with Crippen LogP contribution in [0.2, 0.25) is 0 Å². The lowest BCUT2D eigenvalue weighted by Gasteiger charge is -2.32. The molecule has 4 atom stereocenters. The zero-order valence-electron chi connectivity index (χ0n) is 15.2. The molecular formula is C21H27NO4. The Labute approximate surface area is 154 Å². The summed E-state index contributed by atoms with van der Waals surface area (Å²) >= 11 is 0. The molecule has 1 aromatic heterocycles. The minimum atomic E-state index is -0.564. The standard InChI is InChI=1S/C21H27NO4/c1-2-25-17-5-3-14(4-6-17)21-8-7-18(26-21)13-22-11-15-9-19(23)20(24)10-16(15)12-22/h3-8,15-16,19-20,23-24H,2,9-13H2,1H3/t15-,16+,19+,20-. The summed E-state index contributed by atoms with van der Waals surface area (Å²) in [6, 6.07) is 12.0. The molecule has 2 heterocycles. The van der Waals surface area contributed by atoms with Crippen LogP contribution < -0.4 is 4.74 Å². The van der Waals surface area contributed by atoms with Crippen LogP contribution in [-0.2, 0) is 6.54 Å². The molecule has 0 amide bonds. The van der Waals surface area contributed by atoms with Gasteiger partial charge in [-0.15, -0.1) is 0 Å². The van der Waals surface area contributed by atoms with E-state index in [1.165, 1.54) is 0 Å². The zero-order valence-corrected chi connectivity index (χ0v) is 15.2. The first-order chi connectivity index (χ1) is 12.6. The van der Waals surface area contributed by atoms with Crippen molar-refractivity contribution < 1.29 is 19.4 Å². The molecular weight excluding hydrogens is 330 g/mol. The van der Waals surface area contributed by atoms with Crippen molar-refractivity contribution >= 4 is 0 Å². The van der Waals surface area contributed by atoms with Crippen LogP contribution in [-0.4, -0.2) is 47.0 Å². The molecule has 4 rings (SSSR count). The average molecular weight is 357 g/mol. The number of likely N-dealkylation sites (tertiary alicyclic amines) is 1. The first-order valence-electron chi connectivity index (χ1n) is 9.52. The molecule has 140 valence electrons. The van der Waals surface area contributed by atoms with E-state index in [0.717, 1.165) is 42.5 Å². The van der Waals surface area contributed by atoms with Crippen LogP contribution in [0.4, 0.5) is 0 Å². The first kappa shape index (κ1) is 17.6. The van der Waals surface area contributed by atoms with Crippen molar-refractivity contribution in [2.45, 2.75) is 38.5 Å². The lowest BCUT2D eigenvalue weighted by Crippen LogP contribution is -2.38. The minimum absolute atomic E-state index is 0.481. The van der Waals surface area contributed by atoms with Crippen LogP contribution in [0.15, 0.2) is 40.8 Å². The third kappa shape index (κ3) is 3.65. The summed E-state index contributed by atoms with van der Waals surface area (Å²) in [6.07, 6.45) is 0.285. The Hall–Kier alpha value is -1.82. The van der Waals surface area contributed by atoms with Gasteiger partial charge in [-0.25, -0.2) is 0 Å². The molecule has 2 fully saturated rings. The van der Waals surface area contributed by atoms with Gasteiger partial charge in [-0.1, -0.05) is 0 Å². The predicted molar refractivity (Wildman–Crippen MR) is 98.8 cm³/mol. The van der Waals surface area contributed by atoms with Gasteiger partial charge in [0.05, 0.1) is 25.4 Å². The summed E-state index contributed by atoms with van der Waals surface area (Å²) in [7, 11) is 0. The molecule has 0 spiro atoms. The summed E-state index contributed by atoms with van der Waals surface area (Å²) in [5.74, 6) is 3.65. The number of aliphatic hydroxyl groups is 2. The molecule has 0 radical (unpaired) electrons. The van der Waals surface area contributed by atoms with Gasteiger partial charge < -0.3 is 19.4 Å². The van der Waals surface area contributed by atoms with E-state index < -0.39 is 12.2 Å². The van der Waals surface area contributed by atoms with E-state index in [9.17, 15) is 10.2 Å². The Morgan fingerprint density at radius 2 is 1.65 bits per heavy atom. The van der Waals surface area contributed by atoms with Crippen molar-refractivity contribution in [3.63, 3.8) is 0 Å². The number of aliphatic hydroxyl groups excluding tert-OH is 2. The van der Waals surface area contributed by atoms with E-state index >= 15 is 0 Å². The summed E-state index contributed by atoms with van der Waals surface area (Å²) in [4.78, 5) is 2.38. The Kier molecular flexibility index (Phi) is 5.02. The summed E-state index contributed by atoms with van der Waals surface area (Å²) in [5, 5.41) is 19.8. The maximum atomic E-state index is 9.89. The van der Waals surface area contributed by atoms with Crippen LogP contribution in [0.5, 0.6) is 5.75 Å². The summed E-state index contributed by atoms with van der Waals surface area (Å²) < 4.78 is 11.5. The van der Waals surface area contributed by atoms with E-state index in [4.69, 9.17) is 9.15 Å². The number of benzene rings is 1. The van der Waals surface area contributed by atoms with Gasteiger partial charge in [0.25, 0.3) is 0 Å². The molecule has 1 aromatic carbocycles. The van der Waals surface area contributed by atoms with Crippen molar-refractivity contribution in [1.82, 2.24) is 4.90 Å². The van der Waals surface area contributed by atoms with E-state index in [1.807, 2.05) is 43.3 Å². The maximum Gasteiger partial charge on any atom is 0.134 e. The first-order valence-corrected chi connectivity index (χ1v) is 9.52. The number of furan rings is 1. The molecule has 0 bridgehead atoms. The molecule has 2 aromatic rings. The van der Waals surface area contributed by atoms with Crippen molar-refractivity contribution in [2.24, 2.45) is 11.8 Å². The summed E-state index contributed by atoms with van der Waals surface area (Å²) in [6.45, 7) is 5.34. The monoisotopic (exact) mass is 357 g/mol. The molecule has 1 aliphatic carbocycles. The summed E-state index contributed by atoms with van der Waals surface area (Å²) in [5.41, 5.74) is 1.04. The molecule has 5 nitrogen and oxygen atoms in total. The van der Waals surface area contributed by atoms with Crippen LogP contribution in [0, 0.1) is 11.8 Å². The topological polar surface area (TPSA) is 66.1 Å². The van der Waals surface area contributed by atoms with Gasteiger partial charge >= 0.3 is 0 Å². The van der Waals surface area contributed by atoms with Gasteiger partial charge in [-0.2, -0.15) is 0 Å². The Balaban J connectivity index is 1.38. The number of ether oxygens (including phenoxy) is 1. The highest BCUT2D eigenvalue weighted by Gasteiger charge is 2.41. The van der Waals surface area contributed by atoms with Gasteiger partial charge in [0, 0.05) is 18.7 Å². The highest BCUT2D eigenvalue weighted by molar-refractivity contribution is 5.58. The highest BCUT2D eigenvalue weighted by atomic mass is 16.5. The normalized spacial score (nSPS) is 28.9. The van der Waals surface area contributed by atoms with E-state index in [1.54, 1.807) is 0 Å². The minimum Gasteiger partial charge on any atom is -0.494 e. The second-order valence-corrected chi connectivity index (χ2v) is 7.54. The largest absolute Gasteiger partial charge is 0.494 e. The van der Waals surface area contributed by atoms with Crippen LogP contribution in [0.1, 0.15) is 25.5 Å². The molecule has 0 unspecified atom stereocenters. The quantitative estimate of drug-likeness (QED) is 0.861. The van der Waals surface area contributed by atoms with E-state index in [-0.39, 0.29) is 0 Å². The van der Waals surface area contributed by atoms with Gasteiger partial charge in [0.15, 0.2) is 0 Å². The van der Waals surface area contributed by atoms with E-state index in [0.29, 0.717) is 31.3 Å². The molecule has 1 saturated heterocycles. The molecule has 1 saturated carbocycles. The Morgan fingerprint density at radius 1 is 1.00 bits per heavy atom. The van der Waals surface area contributed by atoms with Crippen LogP contribution >= 0.6 is 0 Å². The number of fused-ring (bicyclic) bond motifs is 1. The highest BCUT2D eigenvalue weighted by Crippen LogP contribution is 2.37. The SMILES string of the molecule is CCOc1ccc(-c2ccc(CN3C[C@H]4C[C@H](O)[C@H](O)C[C@H]4C3)o2)cc1. The van der Waals surface area contributed by atoms with Crippen molar-refractivity contribution in [2.75, 3.05) is 19.7 Å². The van der Waals surface area contributed by atoms with Crippen molar-refractivity contribution in [3.8, 4) is 17.1 Å². The molecule has 26 heavy (non-hydrogen) atoms. The smallest absolute Gasteiger partial charge is 0.134 e. The molecule has 2 N–H and O–H groups in total. The van der Waals surface area contributed by atoms with Crippen molar-refractivity contribution in [1.29, 1.82) is 0 Å². The predicted octanol–water partition coefficient (Wildman–Crippen LogP) is 2.91. The Bertz CT molecular complexity index is 708. The number of rotatable bonds is 5. The fourth-order valence-electron chi connectivity index (χ4n) is 4.35. The number of nitrogens with zero attached hydrogens (tertiary/aromatic N) is 1. The van der Waals surface area contributed by atoms with Crippen LogP contribution in [0.25, 0.3) is 11.3 Å². The zero-order chi connectivity index (χ0) is 18.1. The van der Waals surface area contributed by atoms with Crippen LogP contribution in [0.3, 0.4) is 0 Å². The molecule has 1 aliphatic heterocycles. The average Bonchev–Trinajstić information content (AvgIpc) is 3.23. The third-order valence-corrected chi connectivity index (χ3v) is 5.68. The lowest BCUT2D eigenvalue weighted by molar-refractivity contribution is -0.0372. The van der Waals surface area contributed by atoms with E-state index in [2.05, 4.69) is 4.90 Å². The lowest BCUT2D eigenvalue weighted by atomic mass is 9.79. The van der Waals surface area contributed by atoms with Gasteiger partial charge in [-0.3, -0.25) is 4.90 Å². The Morgan fingerprint density at radius 3 is 2.27 bits per heavy atom. The number of hydrogen-bond acceptors (Lipinski definition) is 5. The van der Waals surface area contributed by atoms with Gasteiger partial charge in [0.1, 0.15) is 17.3 Å². The maximum absolute atomic E-state index is 9.89. The number of hydrogen-bond donors (Lipinski definition) is 2. The molecule has 2 aliphatic rings. The second kappa shape index (κ2) is 7.43. The second-order valence-electron chi connectivity index (χ2n) is 7.54. The third-order valence-electron chi connectivity index (χ3n) is 5.68. The fourth-order valence-corrected chi connectivity index (χ4v) is 4.35.